The average Bonchev–Trinajstić information content (AvgIpc) is 2.67. The highest BCUT2D eigenvalue weighted by Gasteiger charge is 2.24. The van der Waals surface area contributed by atoms with Crippen LogP contribution >= 0.6 is 23.2 Å². The number of nitrogens with zero attached hydrogens (tertiary/aromatic N) is 2. The first-order chi connectivity index (χ1) is 8.49. The highest BCUT2D eigenvalue weighted by molar-refractivity contribution is 6.31. The van der Waals surface area contributed by atoms with Gasteiger partial charge in [-0.1, -0.05) is 18.5 Å². The van der Waals surface area contributed by atoms with Gasteiger partial charge in [-0.15, -0.1) is 11.6 Å². The number of rotatable bonds is 4. The zero-order chi connectivity index (χ0) is 13.3. The Morgan fingerprint density at radius 1 is 1.33 bits per heavy atom. The summed E-state index contributed by atoms with van der Waals surface area (Å²) in [6.07, 6.45) is 1.80. The maximum Gasteiger partial charge on any atom is 0.111 e. The summed E-state index contributed by atoms with van der Waals surface area (Å²) in [5.41, 5.74) is 2.09. The second-order valence-corrected chi connectivity index (χ2v) is 5.92. The molecule has 0 atom stereocenters. The molecule has 0 fully saturated rings. The summed E-state index contributed by atoms with van der Waals surface area (Å²) in [7, 11) is 0. The van der Waals surface area contributed by atoms with E-state index in [1.807, 2.05) is 18.2 Å². The van der Waals surface area contributed by atoms with Gasteiger partial charge in [-0.2, -0.15) is 0 Å². The normalized spacial score (nSPS) is 12.3. The minimum absolute atomic E-state index is 0.0147. The van der Waals surface area contributed by atoms with Gasteiger partial charge in [-0.25, -0.2) is 4.98 Å². The van der Waals surface area contributed by atoms with Crippen LogP contribution in [-0.2, 0) is 12.0 Å². The first-order valence-corrected chi connectivity index (χ1v) is 7.14. The summed E-state index contributed by atoms with van der Waals surface area (Å²) in [6.45, 7) is 6.61. The molecule has 0 radical (unpaired) electrons. The fourth-order valence-corrected chi connectivity index (χ4v) is 2.52. The molecule has 2 rings (SSSR count). The van der Waals surface area contributed by atoms with Gasteiger partial charge in [-0.05, 0) is 38.5 Å². The van der Waals surface area contributed by atoms with Gasteiger partial charge in [0, 0.05) is 22.9 Å². The van der Waals surface area contributed by atoms with Crippen LogP contribution in [0.1, 0.15) is 33.0 Å². The second-order valence-electron chi connectivity index (χ2n) is 5.10. The van der Waals surface area contributed by atoms with E-state index in [9.17, 15) is 0 Å². The smallest absolute Gasteiger partial charge is 0.111 e. The molecule has 0 saturated heterocycles. The third-order valence-corrected chi connectivity index (χ3v) is 3.90. The lowest BCUT2D eigenvalue weighted by Crippen LogP contribution is -2.27. The molecule has 0 bridgehead atoms. The van der Waals surface area contributed by atoms with E-state index in [0.29, 0.717) is 5.88 Å². The van der Waals surface area contributed by atoms with E-state index >= 15 is 0 Å². The van der Waals surface area contributed by atoms with Gasteiger partial charge in [-0.3, -0.25) is 0 Å². The van der Waals surface area contributed by atoms with Crippen molar-refractivity contribution in [1.82, 2.24) is 9.55 Å². The minimum Gasteiger partial charge on any atom is -0.322 e. The standard InChI is InChI=1S/C14H18Cl2N2/c1-4-14(2,3)18-12-9-10(16)5-6-11(12)17-13(18)7-8-15/h5-6,9H,4,7-8H2,1-3H3. The van der Waals surface area contributed by atoms with Gasteiger partial charge < -0.3 is 4.57 Å². The van der Waals surface area contributed by atoms with Crippen molar-refractivity contribution in [3.8, 4) is 0 Å². The maximum absolute atomic E-state index is 6.10. The molecule has 18 heavy (non-hydrogen) atoms. The highest BCUT2D eigenvalue weighted by Crippen LogP contribution is 2.29. The van der Waals surface area contributed by atoms with Crippen LogP contribution in [0, 0.1) is 0 Å². The SMILES string of the molecule is CCC(C)(C)n1c(CCCl)nc2ccc(Cl)cc21. The summed E-state index contributed by atoms with van der Waals surface area (Å²) in [5, 5.41) is 0.743. The quantitative estimate of drug-likeness (QED) is 0.750. The number of hydrogen-bond acceptors (Lipinski definition) is 1. The lowest BCUT2D eigenvalue weighted by Gasteiger charge is -2.28. The van der Waals surface area contributed by atoms with Crippen molar-refractivity contribution in [1.29, 1.82) is 0 Å². The van der Waals surface area contributed by atoms with E-state index in [2.05, 4.69) is 30.3 Å². The number of imidazole rings is 1. The summed E-state index contributed by atoms with van der Waals surface area (Å²) >= 11 is 12.0. The lowest BCUT2D eigenvalue weighted by atomic mass is 10.0. The Balaban J connectivity index is 2.72. The summed E-state index contributed by atoms with van der Waals surface area (Å²) in [5.74, 6) is 1.62. The van der Waals surface area contributed by atoms with Crippen molar-refractivity contribution >= 4 is 34.2 Å². The van der Waals surface area contributed by atoms with Crippen molar-refractivity contribution in [2.45, 2.75) is 39.2 Å². The van der Waals surface area contributed by atoms with E-state index in [1.54, 1.807) is 0 Å². The van der Waals surface area contributed by atoms with Gasteiger partial charge >= 0.3 is 0 Å². The number of aromatic nitrogens is 2. The Labute approximate surface area is 118 Å². The molecule has 2 aromatic rings. The molecule has 0 spiro atoms. The average molecular weight is 285 g/mol. The van der Waals surface area contributed by atoms with Gasteiger partial charge in [0.2, 0.25) is 0 Å². The fourth-order valence-electron chi connectivity index (χ4n) is 2.18. The van der Waals surface area contributed by atoms with Crippen molar-refractivity contribution in [3.05, 3.63) is 29.0 Å². The molecule has 0 saturated carbocycles. The number of halogens is 2. The molecule has 0 unspecified atom stereocenters. The third-order valence-electron chi connectivity index (χ3n) is 3.47. The monoisotopic (exact) mass is 284 g/mol. The molecule has 0 aliphatic rings. The number of benzene rings is 1. The minimum atomic E-state index is 0.0147. The highest BCUT2D eigenvalue weighted by atomic mass is 35.5. The number of aryl methyl sites for hydroxylation is 1. The Morgan fingerprint density at radius 3 is 2.67 bits per heavy atom. The number of alkyl halides is 1. The Kier molecular flexibility index (Phi) is 3.88. The van der Waals surface area contributed by atoms with Crippen LogP contribution in [0.5, 0.6) is 0 Å². The van der Waals surface area contributed by atoms with Gasteiger partial charge in [0.1, 0.15) is 5.82 Å². The van der Waals surface area contributed by atoms with E-state index in [4.69, 9.17) is 23.2 Å². The van der Waals surface area contributed by atoms with Crippen molar-refractivity contribution < 1.29 is 0 Å². The van der Waals surface area contributed by atoms with Crippen LogP contribution in [0.2, 0.25) is 5.02 Å². The molecular weight excluding hydrogens is 267 g/mol. The molecule has 1 aromatic carbocycles. The van der Waals surface area contributed by atoms with Crippen molar-refractivity contribution in [2.24, 2.45) is 0 Å². The second kappa shape index (κ2) is 5.10. The fraction of sp³-hybridized carbons (Fsp3) is 0.500. The molecule has 4 heteroatoms. The predicted molar refractivity (Wildman–Crippen MR) is 78.8 cm³/mol. The summed E-state index contributed by atoms with van der Waals surface area (Å²) in [6, 6.07) is 5.83. The molecule has 0 N–H and O–H groups in total. The van der Waals surface area contributed by atoms with E-state index in [0.717, 1.165) is 34.7 Å². The van der Waals surface area contributed by atoms with Crippen molar-refractivity contribution in [2.75, 3.05) is 5.88 Å². The van der Waals surface area contributed by atoms with Crippen molar-refractivity contribution in [3.63, 3.8) is 0 Å². The van der Waals surface area contributed by atoms with Crippen LogP contribution in [0.3, 0.4) is 0 Å². The first kappa shape index (κ1) is 13.7. The molecule has 0 aliphatic carbocycles. The molecular formula is C14H18Cl2N2. The van der Waals surface area contributed by atoms with E-state index < -0.39 is 0 Å². The van der Waals surface area contributed by atoms with Crippen LogP contribution in [0.4, 0.5) is 0 Å². The van der Waals surface area contributed by atoms with E-state index in [-0.39, 0.29) is 5.54 Å². The summed E-state index contributed by atoms with van der Waals surface area (Å²) < 4.78 is 2.27. The lowest BCUT2D eigenvalue weighted by molar-refractivity contribution is 0.342. The van der Waals surface area contributed by atoms with E-state index in [1.165, 1.54) is 0 Å². The molecule has 0 amide bonds. The topological polar surface area (TPSA) is 17.8 Å². The molecule has 1 aromatic heterocycles. The molecule has 1 heterocycles. The Morgan fingerprint density at radius 2 is 2.06 bits per heavy atom. The van der Waals surface area contributed by atoms with Gasteiger partial charge in [0.15, 0.2) is 0 Å². The van der Waals surface area contributed by atoms with Crippen LogP contribution in [0.15, 0.2) is 18.2 Å². The molecule has 2 nitrogen and oxygen atoms in total. The van der Waals surface area contributed by atoms with Crippen LogP contribution in [-0.4, -0.2) is 15.4 Å². The number of hydrogen-bond donors (Lipinski definition) is 0. The van der Waals surface area contributed by atoms with Gasteiger partial charge in [0.05, 0.1) is 11.0 Å². The first-order valence-electron chi connectivity index (χ1n) is 6.23. The zero-order valence-electron chi connectivity index (χ0n) is 11.0. The zero-order valence-corrected chi connectivity index (χ0v) is 12.5. The third kappa shape index (κ3) is 2.36. The largest absolute Gasteiger partial charge is 0.322 e. The van der Waals surface area contributed by atoms with Crippen LogP contribution < -0.4 is 0 Å². The van der Waals surface area contributed by atoms with Crippen LogP contribution in [0.25, 0.3) is 11.0 Å². The molecule has 0 aliphatic heterocycles. The summed E-state index contributed by atoms with van der Waals surface area (Å²) in [4.78, 5) is 4.68. The Hall–Kier alpha value is -0.730. The maximum atomic E-state index is 6.10. The molecule has 98 valence electrons. The Bertz CT molecular complexity index is 558. The number of fused-ring (bicyclic) bond motifs is 1. The van der Waals surface area contributed by atoms with Gasteiger partial charge in [0.25, 0.3) is 0 Å². The predicted octanol–water partition coefficient (Wildman–Crippen LogP) is 4.62.